The molecule has 0 aliphatic rings. The average Bonchev–Trinajstić information content (AvgIpc) is 3.13. The van der Waals surface area contributed by atoms with Crippen molar-refractivity contribution in [3.05, 3.63) is 24.3 Å². The van der Waals surface area contributed by atoms with Gasteiger partial charge in [-0.25, -0.2) is 4.98 Å². The molecule has 0 spiro atoms. The first kappa shape index (κ1) is 23.7. The summed E-state index contributed by atoms with van der Waals surface area (Å²) in [4.78, 5) is 7.48. The van der Waals surface area contributed by atoms with E-state index in [0.29, 0.717) is 0 Å². The van der Waals surface area contributed by atoms with Crippen LogP contribution in [-0.2, 0) is 0 Å². The topological polar surface area (TPSA) is 16.1 Å². The van der Waals surface area contributed by atoms with Gasteiger partial charge in [0.25, 0.3) is 0 Å². The molecule has 2 nitrogen and oxygen atoms in total. The second-order valence-corrected chi connectivity index (χ2v) is 10.1. The van der Waals surface area contributed by atoms with Gasteiger partial charge < -0.3 is 0 Å². The van der Waals surface area contributed by atoms with E-state index >= 15 is 0 Å². The molecule has 0 bridgehead atoms. The zero-order chi connectivity index (χ0) is 19.9. The van der Waals surface area contributed by atoms with Gasteiger partial charge in [-0.2, -0.15) is 0 Å². The summed E-state index contributed by atoms with van der Waals surface area (Å²) >= 11 is 3.77. The molecule has 0 radical (unpaired) electrons. The molecule has 0 unspecified atom stereocenters. The van der Waals surface area contributed by atoms with Crippen LogP contribution in [0.25, 0.3) is 10.2 Å². The lowest BCUT2D eigenvalue weighted by atomic mass is 10.1. The molecular formula is C24H40N2S2. The molecule has 2 aromatic rings. The van der Waals surface area contributed by atoms with Crippen LogP contribution in [0.2, 0.25) is 0 Å². The van der Waals surface area contributed by atoms with Crippen LogP contribution >= 0.6 is 23.1 Å². The van der Waals surface area contributed by atoms with Crippen molar-refractivity contribution in [3.8, 4) is 0 Å². The molecule has 0 aliphatic heterocycles. The van der Waals surface area contributed by atoms with Gasteiger partial charge in [-0.05, 0) is 38.1 Å². The fraction of sp³-hybridized carbons (Fsp3) is 0.708. The number of fused-ring (bicyclic) bond motifs is 1. The van der Waals surface area contributed by atoms with E-state index in [-0.39, 0.29) is 0 Å². The summed E-state index contributed by atoms with van der Waals surface area (Å²) < 4.78 is 2.53. The smallest absolute Gasteiger partial charge is 0.152 e. The van der Waals surface area contributed by atoms with Crippen molar-refractivity contribution < 1.29 is 0 Å². The monoisotopic (exact) mass is 420 g/mol. The summed E-state index contributed by atoms with van der Waals surface area (Å²) in [5.74, 6) is 1.09. The maximum absolute atomic E-state index is 4.80. The van der Waals surface area contributed by atoms with Gasteiger partial charge in [0.1, 0.15) is 0 Å². The first-order valence-electron chi connectivity index (χ1n) is 11.5. The van der Waals surface area contributed by atoms with E-state index in [4.69, 9.17) is 4.98 Å². The number of hydrogen-bond acceptors (Lipinski definition) is 4. The number of para-hydroxylation sites is 1. The minimum atomic E-state index is 1.09. The first-order chi connectivity index (χ1) is 13.8. The van der Waals surface area contributed by atoms with Crippen molar-refractivity contribution in [2.45, 2.75) is 95.2 Å². The van der Waals surface area contributed by atoms with E-state index in [1.807, 2.05) is 23.1 Å². The van der Waals surface area contributed by atoms with Crippen LogP contribution in [0.4, 0.5) is 0 Å². The predicted octanol–water partition coefficient (Wildman–Crippen LogP) is 8.37. The fourth-order valence-corrected chi connectivity index (χ4v) is 5.61. The second-order valence-electron chi connectivity index (χ2n) is 7.87. The Morgan fingerprint density at radius 1 is 0.786 bits per heavy atom. The van der Waals surface area contributed by atoms with Crippen LogP contribution in [0, 0.1) is 0 Å². The molecule has 0 saturated heterocycles. The molecule has 0 aliphatic carbocycles. The number of unbranched alkanes of at least 4 members (excludes halogenated alkanes) is 10. The van der Waals surface area contributed by atoms with Crippen molar-refractivity contribution in [2.75, 3.05) is 19.0 Å². The first-order valence-corrected chi connectivity index (χ1v) is 13.3. The van der Waals surface area contributed by atoms with Gasteiger partial charge >= 0.3 is 0 Å². The van der Waals surface area contributed by atoms with E-state index in [2.05, 4.69) is 43.0 Å². The number of hydrogen-bond donors (Lipinski definition) is 0. The Morgan fingerprint density at radius 3 is 1.96 bits per heavy atom. The Balaban J connectivity index is 1.73. The van der Waals surface area contributed by atoms with Gasteiger partial charge in [0.15, 0.2) is 4.34 Å². The third-order valence-electron chi connectivity index (χ3n) is 5.30. The number of benzene rings is 1. The van der Waals surface area contributed by atoms with Crippen LogP contribution < -0.4 is 0 Å². The predicted molar refractivity (Wildman–Crippen MR) is 129 cm³/mol. The summed E-state index contributed by atoms with van der Waals surface area (Å²) in [6.45, 7) is 7.08. The molecule has 0 saturated carbocycles. The zero-order valence-corrected chi connectivity index (χ0v) is 19.8. The Labute approximate surface area is 181 Å². The number of rotatable bonds is 17. The molecule has 0 fully saturated rings. The van der Waals surface area contributed by atoms with Gasteiger partial charge in [0.05, 0.1) is 16.1 Å². The largest absolute Gasteiger partial charge is 0.294 e. The van der Waals surface area contributed by atoms with Crippen LogP contribution in [0.5, 0.6) is 0 Å². The van der Waals surface area contributed by atoms with Crippen molar-refractivity contribution in [2.24, 2.45) is 0 Å². The van der Waals surface area contributed by atoms with E-state index < -0.39 is 0 Å². The Kier molecular flexibility index (Phi) is 12.9. The zero-order valence-electron chi connectivity index (χ0n) is 18.1. The van der Waals surface area contributed by atoms with Gasteiger partial charge in [0.2, 0.25) is 0 Å². The molecular weight excluding hydrogens is 380 g/mol. The molecule has 1 heterocycles. The van der Waals surface area contributed by atoms with E-state index in [1.54, 1.807) is 0 Å². The molecule has 0 N–H and O–H groups in total. The number of thioether (sulfide) groups is 1. The van der Waals surface area contributed by atoms with Gasteiger partial charge in [-0.3, -0.25) is 4.90 Å². The van der Waals surface area contributed by atoms with Crippen molar-refractivity contribution >= 4 is 33.3 Å². The third kappa shape index (κ3) is 9.76. The van der Waals surface area contributed by atoms with Crippen LogP contribution in [0.15, 0.2) is 28.6 Å². The molecule has 4 heteroatoms. The van der Waals surface area contributed by atoms with Crippen molar-refractivity contribution in [1.82, 2.24) is 9.88 Å². The van der Waals surface area contributed by atoms with Crippen LogP contribution in [0.1, 0.15) is 90.9 Å². The summed E-state index contributed by atoms with van der Waals surface area (Å²) in [5.41, 5.74) is 1.15. The summed E-state index contributed by atoms with van der Waals surface area (Å²) in [6.07, 6.45) is 16.6. The Bertz CT molecular complexity index is 577. The molecule has 2 rings (SSSR count). The lowest BCUT2D eigenvalue weighted by Gasteiger charge is -2.21. The summed E-state index contributed by atoms with van der Waals surface area (Å²) in [5, 5.41) is 0. The minimum absolute atomic E-state index is 1.09. The van der Waals surface area contributed by atoms with Crippen LogP contribution in [-0.4, -0.2) is 28.9 Å². The SMILES string of the molecule is CCCCCCCCN(CCCCCCCC)CSc1nc2ccccc2s1. The fourth-order valence-electron chi connectivity index (χ4n) is 3.53. The highest BCUT2D eigenvalue weighted by Gasteiger charge is 2.09. The standard InChI is InChI=1S/C24H40N2S2/c1-3-5-7-9-11-15-19-26(20-16-12-10-8-6-4-2)21-27-24-25-22-17-13-14-18-23(22)28-24/h13-14,17-18H,3-12,15-16,19-21H2,1-2H3. The lowest BCUT2D eigenvalue weighted by molar-refractivity contribution is 0.302. The molecule has 0 amide bonds. The summed E-state index contributed by atoms with van der Waals surface area (Å²) in [6, 6.07) is 8.50. The normalized spacial score (nSPS) is 11.7. The molecule has 158 valence electrons. The molecule has 1 aromatic carbocycles. The van der Waals surface area contributed by atoms with Crippen LogP contribution in [0.3, 0.4) is 0 Å². The molecule has 0 atom stereocenters. The highest BCUT2D eigenvalue weighted by molar-refractivity contribution is 8.01. The van der Waals surface area contributed by atoms with Crippen molar-refractivity contribution in [3.63, 3.8) is 0 Å². The second kappa shape index (κ2) is 15.3. The van der Waals surface area contributed by atoms with E-state index in [9.17, 15) is 0 Å². The molecule has 28 heavy (non-hydrogen) atoms. The number of nitrogens with zero attached hydrogens (tertiary/aromatic N) is 2. The van der Waals surface area contributed by atoms with E-state index in [1.165, 1.54) is 99.2 Å². The Morgan fingerprint density at radius 2 is 1.36 bits per heavy atom. The number of aromatic nitrogens is 1. The van der Waals surface area contributed by atoms with Gasteiger partial charge in [-0.15, -0.1) is 11.3 Å². The summed E-state index contributed by atoms with van der Waals surface area (Å²) in [7, 11) is 0. The Hall–Kier alpha value is -0.580. The van der Waals surface area contributed by atoms with Crippen molar-refractivity contribution in [1.29, 1.82) is 0 Å². The van der Waals surface area contributed by atoms with Gasteiger partial charge in [-0.1, -0.05) is 102 Å². The maximum atomic E-state index is 4.80. The molecule has 1 aromatic heterocycles. The van der Waals surface area contributed by atoms with Gasteiger partial charge in [0, 0.05) is 0 Å². The number of thiazole rings is 1. The highest BCUT2D eigenvalue weighted by atomic mass is 32.2. The van der Waals surface area contributed by atoms with E-state index in [0.717, 1.165) is 11.4 Å². The minimum Gasteiger partial charge on any atom is -0.294 e. The quantitative estimate of drug-likeness (QED) is 0.145. The lowest BCUT2D eigenvalue weighted by Crippen LogP contribution is -2.25. The third-order valence-corrected chi connectivity index (χ3v) is 7.57. The maximum Gasteiger partial charge on any atom is 0.152 e. The average molecular weight is 421 g/mol. The highest BCUT2D eigenvalue weighted by Crippen LogP contribution is 2.29.